The summed E-state index contributed by atoms with van der Waals surface area (Å²) in [5.74, 6) is -0.310. The molecule has 1 aromatic heterocycles. The highest BCUT2D eigenvalue weighted by Gasteiger charge is 2.30. The van der Waals surface area contributed by atoms with Crippen molar-refractivity contribution in [2.45, 2.75) is 32.4 Å². The van der Waals surface area contributed by atoms with Crippen molar-refractivity contribution >= 4 is 5.91 Å². The SMILES string of the molecule is Cc1ccc(CN2CCN(C3CCOCC3)CC(C(N)=O)C2)cn1. The van der Waals surface area contributed by atoms with E-state index >= 15 is 0 Å². The van der Waals surface area contributed by atoms with E-state index in [4.69, 9.17) is 10.5 Å². The van der Waals surface area contributed by atoms with Gasteiger partial charge in [-0.15, -0.1) is 0 Å². The first-order valence-electron chi connectivity index (χ1n) is 8.87. The molecule has 6 nitrogen and oxygen atoms in total. The molecule has 3 rings (SSSR count). The molecule has 2 saturated heterocycles. The summed E-state index contributed by atoms with van der Waals surface area (Å²) in [5, 5.41) is 0. The van der Waals surface area contributed by atoms with E-state index < -0.39 is 0 Å². The molecule has 2 aliphatic rings. The predicted octanol–water partition coefficient (Wildman–Crippen LogP) is 0.788. The molecule has 2 fully saturated rings. The maximum Gasteiger partial charge on any atom is 0.223 e. The molecule has 1 atom stereocenters. The van der Waals surface area contributed by atoms with Crippen molar-refractivity contribution in [1.82, 2.24) is 14.8 Å². The first kappa shape index (κ1) is 17.3. The van der Waals surface area contributed by atoms with E-state index in [0.717, 1.165) is 64.5 Å². The molecule has 132 valence electrons. The molecule has 3 heterocycles. The second-order valence-electron chi connectivity index (χ2n) is 6.98. The largest absolute Gasteiger partial charge is 0.381 e. The summed E-state index contributed by atoms with van der Waals surface area (Å²) in [6, 6.07) is 4.66. The molecule has 0 saturated carbocycles. The minimum atomic E-state index is -0.194. The van der Waals surface area contributed by atoms with Crippen LogP contribution in [-0.2, 0) is 16.1 Å². The Hall–Kier alpha value is -1.50. The quantitative estimate of drug-likeness (QED) is 0.882. The lowest BCUT2D eigenvalue weighted by Gasteiger charge is -2.34. The first-order valence-corrected chi connectivity index (χ1v) is 8.87. The third kappa shape index (κ3) is 4.53. The normalized spacial score (nSPS) is 24.6. The summed E-state index contributed by atoms with van der Waals surface area (Å²) in [5.41, 5.74) is 7.88. The zero-order valence-corrected chi connectivity index (χ0v) is 14.5. The smallest absolute Gasteiger partial charge is 0.223 e. The molecule has 0 aliphatic carbocycles. The number of rotatable bonds is 4. The molecule has 0 spiro atoms. The van der Waals surface area contributed by atoms with Crippen LogP contribution in [0.3, 0.4) is 0 Å². The van der Waals surface area contributed by atoms with Gasteiger partial charge in [-0.2, -0.15) is 0 Å². The molecule has 1 unspecified atom stereocenters. The number of primary amides is 1. The molecular weight excluding hydrogens is 304 g/mol. The molecule has 24 heavy (non-hydrogen) atoms. The number of ether oxygens (including phenoxy) is 1. The summed E-state index contributed by atoms with van der Waals surface area (Å²) >= 11 is 0. The number of nitrogens with two attached hydrogens (primary N) is 1. The van der Waals surface area contributed by atoms with Crippen LogP contribution in [0.2, 0.25) is 0 Å². The Morgan fingerprint density at radius 2 is 2.08 bits per heavy atom. The van der Waals surface area contributed by atoms with Gasteiger partial charge in [0.05, 0.1) is 5.92 Å². The Bertz CT molecular complexity index is 542. The van der Waals surface area contributed by atoms with Gasteiger partial charge in [0.25, 0.3) is 0 Å². The Morgan fingerprint density at radius 3 is 2.75 bits per heavy atom. The third-order valence-electron chi connectivity index (χ3n) is 5.13. The standard InChI is InChI=1S/C18H28N4O2/c1-14-2-3-15(10-20-14)11-21-6-7-22(13-16(12-21)18(19)23)17-4-8-24-9-5-17/h2-3,10,16-17H,4-9,11-13H2,1H3,(H2,19,23). The van der Waals surface area contributed by atoms with Gasteiger partial charge in [-0.05, 0) is 31.4 Å². The van der Waals surface area contributed by atoms with Crippen LogP contribution in [0.5, 0.6) is 0 Å². The topological polar surface area (TPSA) is 71.7 Å². The zero-order valence-electron chi connectivity index (χ0n) is 14.5. The Labute approximate surface area is 144 Å². The minimum absolute atomic E-state index is 0.117. The summed E-state index contributed by atoms with van der Waals surface area (Å²) in [6.45, 7) is 7.87. The maximum absolute atomic E-state index is 11.9. The van der Waals surface area contributed by atoms with Gasteiger partial charge in [0.2, 0.25) is 5.91 Å². The van der Waals surface area contributed by atoms with Crippen LogP contribution in [-0.4, -0.2) is 66.1 Å². The molecular formula is C18H28N4O2. The molecule has 1 aromatic rings. The summed E-state index contributed by atoms with van der Waals surface area (Å²) in [7, 11) is 0. The van der Waals surface area contributed by atoms with E-state index in [0.29, 0.717) is 6.04 Å². The van der Waals surface area contributed by atoms with Gasteiger partial charge in [0.15, 0.2) is 0 Å². The van der Waals surface area contributed by atoms with E-state index in [2.05, 4.69) is 20.9 Å². The second kappa shape index (κ2) is 8.05. The lowest BCUT2D eigenvalue weighted by Crippen LogP contribution is -2.44. The van der Waals surface area contributed by atoms with E-state index in [-0.39, 0.29) is 11.8 Å². The number of aryl methyl sites for hydroxylation is 1. The first-order chi connectivity index (χ1) is 11.6. The fourth-order valence-corrected chi connectivity index (χ4v) is 3.66. The van der Waals surface area contributed by atoms with Crippen LogP contribution >= 0.6 is 0 Å². The third-order valence-corrected chi connectivity index (χ3v) is 5.13. The highest BCUT2D eigenvalue weighted by atomic mass is 16.5. The van der Waals surface area contributed by atoms with Gasteiger partial charge in [0, 0.05) is 63.9 Å². The van der Waals surface area contributed by atoms with Crippen molar-refractivity contribution in [2.75, 3.05) is 39.4 Å². The molecule has 0 radical (unpaired) electrons. The fraction of sp³-hybridized carbons (Fsp3) is 0.667. The number of amides is 1. The van der Waals surface area contributed by atoms with Gasteiger partial charge in [-0.3, -0.25) is 19.6 Å². The maximum atomic E-state index is 11.9. The highest BCUT2D eigenvalue weighted by Crippen LogP contribution is 2.20. The number of pyridine rings is 1. The van der Waals surface area contributed by atoms with Crippen LogP contribution in [0, 0.1) is 12.8 Å². The van der Waals surface area contributed by atoms with E-state index in [1.807, 2.05) is 19.2 Å². The Morgan fingerprint density at radius 1 is 1.29 bits per heavy atom. The van der Waals surface area contributed by atoms with Gasteiger partial charge in [-0.25, -0.2) is 0 Å². The lowest BCUT2D eigenvalue weighted by atomic mass is 10.0. The molecule has 6 heteroatoms. The molecule has 0 aromatic carbocycles. The van der Waals surface area contributed by atoms with E-state index in [9.17, 15) is 4.79 Å². The second-order valence-corrected chi connectivity index (χ2v) is 6.98. The number of carbonyl (C=O) groups is 1. The minimum Gasteiger partial charge on any atom is -0.381 e. The van der Waals surface area contributed by atoms with Crippen molar-refractivity contribution < 1.29 is 9.53 Å². The van der Waals surface area contributed by atoms with Gasteiger partial charge < -0.3 is 10.5 Å². The van der Waals surface area contributed by atoms with Crippen LogP contribution in [0.1, 0.15) is 24.1 Å². The van der Waals surface area contributed by atoms with Crippen molar-refractivity contribution in [2.24, 2.45) is 11.7 Å². The van der Waals surface area contributed by atoms with Crippen molar-refractivity contribution in [3.05, 3.63) is 29.6 Å². The fourth-order valence-electron chi connectivity index (χ4n) is 3.66. The molecule has 0 bridgehead atoms. The van der Waals surface area contributed by atoms with Crippen molar-refractivity contribution in [1.29, 1.82) is 0 Å². The lowest BCUT2D eigenvalue weighted by molar-refractivity contribution is -0.122. The monoisotopic (exact) mass is 332 g/mol. The van der Waals surface area contributed by atoms with Crippen molar-refractivity contribution in [3.8, 4) is 0 Å². The number of hydrogen-bond donors (Lipinski definition) is 1. The summed E-state index contributed by atoms with van der Waals surface area (Å²) in [6.07, 6.45) is 4.02. The summed E-state index contributed by atoms with van der Waals surface area (Å²) in [4.78, 5) is 21.1. The van der Waals surface area contributed by atoms with Crippen LogP contribution in [0.15, 0.2) is 18.3 Å². The molecule has 1 amide bonds. The van der Waals surface area contributed by atoms with E-state index in [1.165, 1.54) is 5.56 Å². The van der Waals surface area contributed by atoms with E-state index in [1.54, 1.807) is 0 Å². The number of aromatic nitrogens is 1. The van der Waals surface area contributed by atoms with Crippen LogP contribution in [0.4, 0.5) is 0 Å². The number of hydrogen-bond acceptors (Lipinski definition) is 5. The predicted molar refractivity (Wildman–Crippen MR) is 92.3 cm³/mol. The zero-order chi connectivity index (χ0) is 16.9. The average Bonchev–Trinajstić information content (AvgIpc) is 2.81. The number of carbonyl (C=O) groups excluding carboxylic acids is 1. The number of nitrogens with zero attached hydrogens (tertiary/aromatic N) is 3. The van der Waals surface area contributed by atoms with Crippen LogP contribution < -0.4 is 5.73 Å². The van der Waals surface area contributed by atoms with Gasteiger partial charge >= 0.3 is 0 Å². The summed E-state index contributed by atoms with van der Waals surface area (Å²) < 4.78 is 5.47. The molecule has 2 aliphatic heterocycles. The Kier molecular flexibility index (Phi) is 5.81. The average molecular weight is 332 g/mol. The van der Waals surface area contributed by atoms with Gasteiger partial charge in [0.1, 0.15) is 0 Å². The van der Waals surface area contributed by atoms with Gasteiger partial charge in [-0.1, -0.05) is 6.07 Å². The molecule has 2 N–H and O–H groups in total. The highest BCUT2D eigenvalue weighted by molar-refractivity contribution is 5.77. The Balaban J connectivity index is 1.66. The van der Waals surface area contributed by atoms with Crippen LogP contribution in [0.25, 0.3) is 0 Å². The van der Waals surface area contributed by atoms with Crippen molar-refractivity contribution in [3.63, 3.8) is 0 Å².